The smallest absolute Gasteiger partial charge is 0.255 e. The molecule has 3 aliphatic carbocycles. The Balaban J connectivity index is 0.763. The number of phenols is 1. The van der Waals surface area contributed by atoms with Gasteiger partial charge in [0.2, 0.25) is 11.8 Å². The number of amides is 3. The predicted octanol–water partition coefficient (Wildman–Crippen LogP) is 8.19. The molecule has 3 aromatic rings. The number of carbonyl (C=O) groups is 3. The molecule has 3 aromatic carbocycles. The molecular formula is C50H59N5O4. The molecule has 308 valence electrons. The third-order valence-electron chi connectivity index (χ3n) is 14.1. The van der Waals surface area contributed by atoms with Crippen molar-refractivity contribution in [3.8, 4) is 5.75 Å². The Bertz CT molecular complexity index is 2160. The van der Waals surface area contributed by atoms with Crippen LogP contribution in [0.2, 0.25) is 0 Å². The Labute approximate surface area is 349 Å². The van der Waals surface area contributed by atoms with Crippen LogP contribution in [0.1, 0.15) is 105 Å². The number of hydrogen-bond donors (Lipinski definition) is 3. The molecule has 59 heavy (non-hydrogen) atoms. The number of piperidine rings is 1. The number of allylic oxidation sites excluding steroid dienone is 6. The minimum Gasteiger partial charge on any atom is -0.508 e. The monoisotopic (exact) mass is 793 g/mol. The molecule has 9 heteroatoms. The van der Waals surface area contributed by atoms with Crippen LogP contribution in [0.15, 0.2) is 95.1 Å². The first-order valence-electron chi connectivity index (χ1n) is 22.3. The summed E-state index contributed by atoms with van der Waals surface area (Å²) >= 11 is 0. The van der Waals surface area contributed by atoms with Crippen LogP contribution in [0.3, 0.4) is 0 Å². The lowest BCUT2D eigenvalue weighted by molar-refractivity contribution is -0.136. The summed E-state index contributed by atoms with van der Waals surface area (Å²) in [6.07, 6.45) is 11.2. The van der Waals surface area contributed by atoms with E-state index < -0.39 is 6.04 Å². The van der Waals surface area contributed by atoms with Gasteiger partial charge in [0, 0.05) is 55.7 Å². The Morgan fingerprint density at radius 1 is 0.780 bits per heavy atom. The van der Waals surface area contributed by atoms with E-state index in [-0.39, 0.29) is 24.1 Å². The van der Waals surface area contributed by atoms with Gasteiger partial charge in [-0.25, -0.2) is 0 Å². The van der Waals surface area contributed by atoms with E-state index in [4.69, 9.17) is 0 Å². The maximum absolute atomic E-state index is 13.1. The molecule has 3 amide bonds. The maximum Gasteiger partial charge on any atom is 0.255 e. The first kappa shape index (κ1) is 39.5. The summed E-state index contributed by atoms with van der Waals surface area (Å²) < 4.78 is 0. The molecule has 2 saturated carbocycles. The van der Waals surface area contributed by atoms with Crippen molar-refractivity contribution in [2.75, 3.05) is 51.1 Å². The zero-order chi connectivity index (χ0) is 40.5. The van der Waals surface area contributed by atoms with Crippen molar-refractivity contribution in [1.82, 2.24) is 20.0 Å². The lowest BCUT2D eigenvalue weighted by Crippen LogP contribution is -2.52. The molecule has 2 saturated heterocycles. The van der Waals surface area contributed by atoms with Crippen LogP contribution < -0.4 is 10.6 Å². The number of hydrogen-bond acceptors (Lipinski definition) is 7. The van der Waals surface area contributed by atoms with Crippen LogP contribution in [0.4, 0.5) is 5.69 Å². The highest BCUT2D eigenvalue weighted by molar-refractivity contribution is 6.05. The van der Waals surface area contributed by atoms with E-state index in [2.05, 4.69) is 69.8 Å². The Hall–Kier alpha value is -4.99. The van der Waals surface area contributed by atoms with Gasteiger partial charge in [0.15, 0.2) is 0 Å². The summed E-state index contributed by atoms with van der Waals surface area (Å²) in [7, 11) is 0. The van der Waals surface area contributed by atoms with E-state index in [1.807, 2.05) is 30.3 Å². The van der Waals surface area contributed by atoms with Gasteiger partial charge in [-0.2, -0.15) is 0 Å². The topological polar surface area (TPSA) is 105 Å². The summed E-state index contributed by atoms with van der Waals surface area (Å²) in [6.45, 7) is 10.4. The number of anilines is 1. The summed E-state index contributed by atoms with van der Waals surface area (Å²) in [4.78, 5) is 44.0. The SMILES string of the molecule is CC/C(=C(\c1ccc(O)cc1)C1C2=C3CCC(=C1CC2)C3CCCN1CCCN(CCCNc2ccc3c(c2)CN(C2CCC(=O)NC2=O)C3=O)CC1)c1ccccc1. The maximum atomic E-state index is 13.1. The third kappa shape index (κ3) is 8.04. The summed E-state index contributed by atoms with van der Waals surface area (Å²) in [5.74, 6) is 0.558. The van der Waals surface area contributed by atoms with Gasteiger partial charge in [-0.3, -0.25) is 19.7 Å². The van der Waals surface area contributed by atoms with Crippen LogP contribution in [-0.2, 0) is 16.1 Å². The summed E-state index contributed by atoms with van der Waals surface area (Å²) in [6, 6.07) is 24.2. The molecule has 1 unspecified atom stereocenters. The van der Waals surface area contributed by atoms with Gasteiger partial charge in [-0.15, -0.1) is 0 Å². The fraction of sp³-hybridized carbons (Fsp3) is 0.460. The number of phenolic OH excluding ortho intramolecular Hbond substituents is 1. The summed E-state index contributed by atoms with van der Waals surface area (Å²) in [5.41, 5.74) is 15.0. The highest BCUT2D eigenvalue weighted by Gasteiger charge is 2.45. The second kappa shape index (κ2) is 17.3. The average Bonchev–Trinajstić information content (AvgIpc) is 3.81. The van der Waals surface area contributed by atoms with Crippen molar-refractivity contribution in [3.05, 3.63) is 117 Å². The van der Waals surface area contributed by atoms with Crippen LogP contribution in [0.25, 0.3) is 11.1 Å². The first-order chi connectivity index (χ1) is 28.9. The quantitative estimate of drug-likeness (QED) is 0.0655. The normalized spacial score (nSPS) is 23.8. The van der Waals surface area contributed by atoms with E-state index in [1.54, 1.807) is 27.2 Å². The number of imide groups is 1. The van der Waals surface area contributed by atoms with Gasteiger partial charge in [0.25, 0.3) is 5.91 Å². The van der Waals surface area contributed by atoms with Gasteiger partial charge < -0.3 is 25.1 Å². The second-order valence-electron chi connectivity index (χ2n) is 17.5. The van der Waals surface area contributed by atoms with Gasteiger partial charge in [-0.05, 0) is 149 Å². The van der Waals surface area contributed by atoms with Crippen molar-refractivity contribution in [2.45, 2.75) is 90.1 Å². The Morgan fingerprint density at radius 2 is 1.47 bits per heavy atom. The molecule has 6 aliphatic rings. The lowest BCUT2D eigenvalue weighted by atomic mass is 9.72. The molecule has 9 nitrogen and oxygen atoms in total. The van der Waals surface area contributed by atoms with E-state index in [0.717, 1.165) is 56.8 Å². The van der Waals surface area contributed by atoms with Gasteiger partial charge in [-0.1, -0.05) is 71.7 Å². The molecule has 3 aliphatic heterocycles. The van der Waals surface area contributed by atoms with Crippen molar-refractivity contribution in [3.63, 3.8) is 0 Å². The zero-order valence-corrected chi connectivity index (χ0v) is 34.6. The van der Waals surface area contributed by atoms with Gasteiger partial charge >= 0.3 is 0 Å². The number of fused-ring (bicyclic) bond motifs is 5. The number of nitrogens with zero attached hydrogens (tertiary/aromatic N) is 3. The lowest BCUT2D eigenvalue weighted by Gasteiger charge is -2.32. The highest BCUT2D eigenvalue weighted by Crippen LogP contribution is 2.60. The largest absolute Gasteiger partial charge is 0.508 e. The Kier molecular flexibility index (Phi) is 11.6. The number of carbonyl (C=O) groups excluding carboxylic acids is 3. The molecule has 4 fully saturated rings. The third-order valence-corrected chi connectivity index (χ3v) is 14.1. The molecule has 9 rings (SSSR count). The molecule has 3 N–H and O–H groups in total. The molecular weight excluding hydrogens is 735 g/mol. The zero-order valence-electron chi connectivity index (χ0n) is 34.6. The van der Waals surface area contributed by atoms with Crippen LogP contribution >= 0.6 is 0 Å². The minimum atomic E-state index is -0.588. The standard InChI is InChI=1S/C50H59N5O4/c1-2-38(33-9-4-3-5-10-33)47(34-12-15-37(56)16-13-34)48-43-20-21-44(48)42-19-18-41(43)40(42)11-6-25-53-27-8-28-54(30-29-53)26-7-24-51-36-14-17-39-35(31-36)32-55(50(39)59)45-22-23-46(57)52-49(45)58/h3-5,9-10,12-17,31,40,45,48,51,56H,2,6-8,11,18-30,32H2,1H3,(H,52,57,58)/b47-38-. The van der Waals surface area contributed by atoms with Gasteiger partial charge in [0.05, 0.1) is 0 Å². The van der Waals surface area contributed by atoms with Crippen molar-refractivity contribution in [2.24, 2.45) is 11.8 Å². The molecule has 0 aromatic heterocycles. The molecule has 3 heterocycles. The molecule has 0 spiro atoms. The molecule has 1 atom stereocenters. The summed E-state index contributed by atoms with van der Waals surface area (Å²) in [5, 5.41) is 16.1. The fourth-order valence-corrected chi connectivity index (χ4v) is 11.3. The fourth-order valence-electron chi connectivity index (χ4n) is 11.3. The number of nitrogens with one attached hydrogen (secondary N) is 2. The van der Waals surface area contributed by atoms with Gasteiger partial charge in [0.1, 0.15) is 11.8 Å². The van der Waals surface area contributed by atoms with E-state index >= 15 is 0 Å². The van der Waals surface area contributed by atoms with Crippen LogP contribution in [0.5, 0.6) is 5.75 Å². The average molecular weight is 794 g/mol. The predicted molar refractivity (Wildman–Crippen MR) is 233 cm³/mol. The van der Waals surface area contributed by atoms with Crippen LogP contribution in [-0.4, -0.2) is 89.4 Å². The molecule has 0 radical (unpaired) electrons. The van der Waals surface area contributed by atoms with Crippen molar-refractivity contribution < 1.29 is 19.5 Å². The van der Waals surface area contributed by atoms with E-state index in [0.29, 0.717) is 36.1 Å². The number of aromatic hydroxyl groups is 1. The van der Waals surface area contributed by atoms with Crippen molar-refractivity contribution in [1.29, 1.82) is 0 Å². The second-order valence-corrected chi connectivity index (χ2v) is 17.5. The first-order valence-corrected chi connectivity index (χ1v) is 22.3. The Morgan fingerprint density at radius 3 is 2.17 bits per heavy atom. The highest BCUT2D eigenvalue weighted by atomic mass is 16.3. The van der Waals surface area contributed by atoms with Crippen LogP contribution in [0, 0.1) is 11.8 Å². The number of benzene rings is 3. The number of rotatable bonds is 14. The van der Waals surface area contributed by atoms with Crippen molar-refractivity contribution >= 4 is 34.6 Å². The van der Waals surface area contributed by atoms with E-state index in [9.17, 15) is 19.5 Å². The minimum absolute atomic E-state index is 0.132. The molecule has 4 bridgehead atoms. The van der Waals surface area contributed by atoms with E-state index in [1.165, 1.54) is 80.3 Å².